The third-order valence-corrected chi connectivity index (χ3v) is 4.74. The van der Waals surface area contributed by atoms with Crippen molar-refractivity contribution >= 4 is 27.5 Å². The Kier molecular flexibility index (Phi) is 5.54. The van der Waals surface area contributed by atoms with Crippen LogP contribution in [0.4, 0.5) is 0 Å². The van der Waals surface area contributed by atoms with E-state index in [9.17, 15) is 0 Å². The number of aryl methyl sites for hydroxylation is 1. The molecule has 0 unspecified atom stereocenters. The second-order valence-electron chi connectivity index (χ2n) is 5.88. The molecule has 1 aromatic rings. The maximum atomic E-state index is 6.25. The largest absolute Gasteiger partial charge is 0.493 e. The fourth-order valence-corrected chi connectivity index (χ4v) is 2.18. The van der Waals surface area contributed by atoms with Crippen LogP contribution in [-0.2, 0) is 0 Å². The van der Waals surface area contributed by atoms with Crippen LogP contribution in [0.2, 0.25) is 5.02 Å². The number of hydrogen-bond donors (Lipinski definition) is 0. The summed E-state index contributed by atoms with van der Waals surface area (Å²) in [6.45, 7) is 11.4. The molecular weight excluding hydrogens is 312 g/mol. The minimum Gasteiger partial charge on any atom is -0.493 e. The van der Waals surface area contributed by atoms with Crippen molar-refractivity contribution in [2.45, 2.75) is 40.5 Å². The van der Waals surface area contributed by atoms with E-state index in [1.54, 1.807) is 0 Å². The third kappa shape index (κ3) is 4.17. The molecule has 1 aromatic carbocycles. The summed E-state index contributed by atoms with van der Waals surface area (Å²) in [5.74, 6) is 1.35. The number of halogens is 2. The van der Waals surface area contributed by atoms with E-state index in [4.69, 9.17) is 16.3 Å². The van der Waals surface area contributed by atoms with Gasteiger partial charge in [0.05, 0.1) is 6.61 Å². The van der Waals surface area contributed by atoms with Crippen molar-refractivity contribution in [3.05, 3.63) is 28.3 Å². The molecule has 0 aromatic heterocycles. The zero-order chi connectivity index (χ0) is 13.9. The molecule has 0 aliphatic heterocycles. The number of alkyl halides is 1. The molecule has 1 rings (SSSR count). The molecular formula is C15H22BrClO. The van der Waals surface area contributed by atoms with Crippen LogP contribution in [-0.4, -0.2) is 11.9 Å². The first-order chi connectivity index (χ1) is 8.26. The van der Waals surface area contributed by atoms with Crippen molar-refractivity contribution in [2.75, 3.05) is 11.9 Å². The lowest BCUT2D eigenvalue weighted by Crippen LogP contribution is -2.23. The van der Waals surface area contributed by atoms with Crippen molar-refractivity contribution in [3.63, 3.8) is 0 Å². The van der Waals surface area contributed by atoms with Crippen LogP contribution in [0.3, 0.4) is 0 Å². The zero-order valence-corrected chi connectivity index (χ0v) is 14.2. The monoisotopic (exact) mass is 332 g/mol. The zero-order valence-electron chi connectivity index (χ0n) is 11.8. The van der Waals surface area contributed by atoms with Crippen LogP contribution in [0.25, 0.3) is 0 Å². The molecule has 0 N–H and O–H groups in total. The molecule has 0 aliphatic carbocycles. The highest BCUT2D eigenvalue weighted by molar-refractivity contribution is 9.09. The van der Waals surface area contributed by atoms with Gasteiger partial charge in [-0.1, -0.05) is 55.2 Å². The molecule has 0 radical (unpaired) electrons. The van der Waals surface area contributed by atoms with E-state index in [0.717, 1.165) is 27.2 Å². The van der Waals surface area contributed by atoms with E-state index in [0.29, 0.717) is 12.5 Å². The number of hydrogen-bond acceptors (Lipinski definition) is 1. The Morgan fingerprint density at radius 3 is 2.44 bits per heavy atom. The first-order valence-electron chi connectivity index (χ1n) is 6.25. The van der Waals surface area contributed by atoms with Crippen molar-refractivity contribution < 1.29 is 4.74 Å². The van der Waals surface area contributed by atoms with Gasteiger partial charge in [0.1, 0.15) is 5.75 Å². The number of rotatable bonds is 5. The molecule has 0 fully saturated rings. The van der Waals surface area contributed by atoms with Crippen LogP contribution in [0.5, 0.6) is 5.75 Å². The molecule has 3 heteroatoms. The van der Waals surface area contributed by atoms with E-state index >= 15 is 0 Å². The summed E-state index contributed by atoms with van der Waals surface area (Å²) < 4.78 is 5.95. The predicted molar refractivity (Wildman–Crippen MR) is 83.3 cm³/mol. The molecule has 0 spiro atoms. The van der Waals surface area contributed by atoms with E-state index < -0.39 is 0 Å². The molecule has 0 bridgehead atoms. The van der Waals surface area contributed by atoms with Gasteiger partial charge in [-0.05, 0) is 36.1 Å². The normalized spacial score (nSPS) is 12.0. The number of benzene rings is 1. The Morgan fingerprint density at radius 1 is 1.33 bits per heavy atom. The SMILES string of the molecule is Cc1cc(Cl)c(C(C)C)cc1OCC(C)(C)CBr. The Balaban J connectivity index is 2.92. The summed E-state index contributed by atoms with van der Waals surface area (Å²) in [4.78, 5) is 0. The predicted octanol–water partition coefficient (Wildman–Crippen LogP) is 5.57. The van der Waals surface area contributed by atoms with Gasteiger partial charge in [0, 0.05) is 15.8 Å². The van der Waals surface area contributed by atoms with Gasteiger partial charge in [-0.2, -0.15) is 0 Å². The van der Waals surface area contributed by atoms with Crippen molar-refractivity contribution in [1.82, 2.24) is 0 Å². The minimum atomic E-state index is 0.129. The highest BCUT2D eigenvalue weighted by Gasteiger charge is 2.18. The topological polar surface area (TPSA) is 9.23 Å². The lowest BCUT2D eigenvalue weighted by atomic mass is 9.98. The van der Waals surface area contributed by atoms with Gasteiger partial charge in [0.15, 0.2) is 0 Å². The van der Waals surface area contributed by atoms with E-state index in [1.807, 2.05) is 13.0 Å². The quantitative estimate of drug-likeness (QED) is 0.640. The summed E-state index contributed by atoms with van der Waals surface area (Å²) >= 11 is 9.76. The van der Waals surface area contributed by atoms with Crippen LogP contribution < -0.4 is 4.74 Å². The van der Waals surface area contributed by atoms with Crippen molar-refractivity contribution in [3.8, 4) is 5.75 Å². The molecule has 0 heterocycles. The van der Waals surface area contributed by atoms with Crippen LogP contribution in [0.15, 0.2) is 12.1 Å². The molecule has 102 valence electrons. The van der Waals surface area contributed by atoms with E-state index in [2.05, 4.69) is 49.7 Å². The highest BCUT2D eigenvalue weighted by Crippen LogP contribution is 2.32. The smallest absolute Gasteiger partial charge is 0.122 e. The molecule has 0 aliphatic rings. The van der Waals surface area contributed by atoms with Crippen LogP contribution in [0.1, 0.15) is 44.7 Å². The fraction of sp³-hybridized carbons (Fsp3) is 0.600. The van der Waals surface area contributed by atoms with Crippen molar-refractivity contribution in [2.24, 2.45) is 5.41 Å². The van der Waals surface area contributed by atoms with Gasteiger partial charge in [-0.15, -0.1) is 0 Å². The summed E-state index contributed by atoms with van der Waals surface area (Å²) in [5, 5.41) is 1.75. The second kappa shape index (κ2) is 6.29. The first kappa shape index (κ1) is 15.8. The summed E-state index contributed by atoms with van der Waals surface area (Å²) in [6, 6.07) is 4.07. The Bertz CT molecular complexity index is 413. The van der Waals surface area contributed by atoms with E-state index in [1.165, 1.54) is 0 Å². The van der Waals surface area contributed by atoms with Gasteiger partial charge in [-0.3, -0.25) is 0 Å². The molecule has 18 heavy (non-hydrogen) atoms. The molecule has 1 nitrogen and oxygen atoms in total. The second-order valence-corrected chi connectivity index (χ2v) is 6.85. The van der Waals surface area contributed by atoms with Gasteiger partial charge in [0.2, 0.25) is 0 Å². The molecule has 0 atom stereocenters. The molecule has 0 amide bonds. The third-order valence-electron chi connectivity index (χ3n) is 2.90. The summed E-state index contributed by atoms with van der Waals surface area (Å²) in [7, 11) is 0. The van der Waals surface area contributed by atoms with Gasteiger partial charge >= 0.3 is 0 Å². The fourth-order valence-electron chi connectivity index (χ4n) is 1.58. The Labute approximate surface area is 124 Å². The minimum absolute atomic E-state index is 0.129. The van der Waals surface area contributed by atoms with Gasteiger partial charge in [-0.25, -0.2) is 0 Å². The lowest BCUT2D eigenvalue weighted by molar-refractivity contribution is 0.202. The maximum absolute atomic E-state index is 6.25. The Morgan fingerprint density at radius 2 is 1.94 bits per heavy atom. The summed E-state index contributed by atoms with van der Waals surface area (Å²) in [5.41, 5.74) is 2.37. The standard InChI is InChI=1S/C15H22BrClO/c1-10(2)12-7-14(11(3)6-13(12)17)18-9-15(4,5)8-16/h6-7,10H,8-9H2,1-5H3. The maximum Gasteiger partial charge on any atom is 0.122 e. The molecule has 0 saturated carbocycles. The highest BCUT2D eigenvalue weighted by atomic mass is 79.9. The average molecular weight is 334 g/mol. The summed E-state index contributed by atoms with van der Waals surface area (Å²) in [6.07, 6.45) is 0. The Hall–Kier alpha value is -0.210. The molecule has 0 saturated heterocycles. The van der Waals surface area contributed by atoms with Crippen molar-refractivity contribution in [1.29, 1.82) is 0 Å². The van der Waals surface area contributed by atoms with Gasteiger partial charge < -0.3 is 4.74 Å². The average Bonchev–Trinajstić information content (AvgIpc) is 2.27. The number of ether oxygens (including phenoxy) is 1. The van der Waals surface area contributed by atoms with Crippen LogP contribution >= 0.6 is 27.5 Å². The van der Waals surface area contributed by atoms with Crippen LogP contribution in [0, 0.1) is 12.3 Å². The van der Waals surface area contributed by atoms with Gasteiger partial charge in [0.25, 0.3) is 0 Å². The van der Waals surface area contributed by atoms with E-state index in [-0.39, 0.29) is 5.41 Å². The first-order valence-corrected chi connectivity index (χ1v) is 7.75. The lowest BCUT2D eigenvalue weighted by Gasteiger charge is -2.23.